The quantitative estimate of drug-likeness (QED) is 0.826. The fourth-order valence-electron chi connectivity index (χ4n) is 3.11. The van der Waals surface area contributed by atoms with Gasteiger partial charge in [0.15, 0.2) is 0 Å². The molecule has 0 saturated carbocycles. The second kappa shape index (κ2) is 7.88. The van der Waals surface area contributed by atoms with Crippen LogP contribution >= 0.6 is 11.8 Å². The molecular weight excluding hydrogens is 318 g/mol. The molecule has 2 heterocycles. The molecule has 0 radical (unpaired) electrons. The van der Waals surface area contributed by atoms with Crippen molar-refractivity contribution in [1.29, 1.82) is 0 Å². The molecule has 0 bridgehead atoms. The van der Waals surface area contributed by atoms with Gasteiger partial charge in [-0.3, -0.25) is 4.79 Å². The number of benzene rings is 1. The van der Waals surface area contributed by atoms with Crippen LogP contribution in [0.15, 0.2) is 47.9 Å². The van der Waals surface area contributed by atoms with Gasteiger partial charge in [0, 0.05) is 48.1 Å². The summed E-state index contributed by atoms with van der Waals surface area (Å²) in [4.78, 5) is 20.0. The van der Waals surface area contributed by atoms with Crippen LogP contribution in [0.4, 0.5) is 0 Å². The number of piperidine rings is 1. The summed E-state index contributed by atoms with van der Waals surface area (Å²) in [6.07, 6.45) is 8.15. The van der Waals surface area contributed by atoms with Gasteiger partial charge in [0.2, 0.25) is 5.91 Å². The Hall–Kier alpha value is -1.75. The smallest absolute Gasteiger partial charge is 0.224 e. The monoisotopic (exact) mass is 343 g/mol. The lowest BCUT2D eigenvalue weighted by Crippen LogP contribution is -2.40. The lowest BCUT2D eigenvalue weighted by Gasteiger charge is -2.32. The molecule has 1 aromatic carbocycles. The molecule has 1 aliphatic rings. The number of likely N-dealkylation sites (tertiary alicyclic amines) is 1. The minimum Gasteiger partial charge on any atom is -0.343 e. The van der Waals surface area contributed by atoms with E-state index in [-0.39, 0.29) is 11.9 Å². The number of amides is 1. The van der Waals surface area contributed by atoms with Crippen LogP contribution in [0, 0.1) is 6.92 Å². The number of imidazole rings is 1. The first-order valence-electron chi connectivity index (χ1n) is 8.61. The summed E-state index contributed by atoms with van der Waals surface area (Å²) < 4.78 is 2.00. The molecule has 5 heteroatoms. The van der Waals surface area contributed by atoms with Gasteiger partial charge >= 0.3 is 0 Å². The van der Waals surface area contributed by atoms with Gasteiger partial charge in [0.05, 0.1) is 6.33 Å². The SMILES string of the molecule is Cc1ccccc1SC1CCN(C(=O)C[C@H](C)n2ccnc2)CC1. The number of nitrogens with zero attached hydrogens (tertiary/aromatic N) is 3. The molecule has 1 atom stereocenters. The number of hydrogen-bond acceptors (Lipinski definition) is 3. The molecule has 0 aliphatic carbocycles. The van der Waals surface area contributed by atoms with Gasteiger partial charge in [-0.25, -0.2) is 4.98 Å². The molecule has 0 N–H and O–H groups in total. The first-order valence-corrected chi connectivity index (χ1v) is 9.49. The lowest BCUT2D eigenvalue weighted by atomic mass is 10.1. The van der Waals surface area contributed by atoms with Gasteiger partial charge in [0.1, 0.15) is 0 Å². The van der Waals surface area contributed by atoms with Crippen molar-refractivity contribution in [2.24, 2.45) is 0 Å². The molecule has 24 heavy (non-hydrogen) atoms. The summed E-state index contributed by atoms with van der Waals surface area (Å²) >= 11 is 1.97. The zero-order valence-electron chi connectivity index (χ0n) is 14.4. The molecule has 1 aromatic heterocycles. The minimum absolute atomic E-state index is 0.166. The van der Waals surface area contributed by atoms with E-state index in [1.165, 1.54) is 10.5 Å². The van der Waals surface area contributed by atoms with Crippen molar-refractivity contribution in [3.05, 3.63) is 48.5 Å². The minimum atomic E-state index is 0.166. The van der Waals surface area contributed by atoms with E-state index in [0.29, 0.717) is 11.7 Å². The molecule has 1 amide bonds. The predicted molar refractivity (Wildman–Crippen MR) is 98.2 cm³/mol. The molecule has 0 unspecified atom stereocenters. The van der Waals surface area contributed by atoms with Crippen LogP contribution in [-0.2, 0) is 4.79 Å². The highest BCUT2D eigenvalue weighted by atomic mass is 32.2. The maximum Gasteiger partial charge on any atom is 0.224 e. The van der Waals surface area contributed by atoms with E-state index in [9.17, 15) is 4.79 Å². The third-order valence-corrected chi connectivity index (χ3v) is 6.20. The summed E-state index contributed by atoms with van der Waals surface area (Å²) in [7, 11) is 0. The van der Waals surface area contributed by atoms with E-state index in [0.717, 1.165) is 25.9 Å². The van der Waals surface area contributed by atoms with E-state index in [1.807, 2.05) is 27.4 Å². The first kappa shape index (κ1) is 17.1. The van der Waals surface area contributed by atoms with Crippen LogP contribution in [0.2, 0.25) is 0 Å². The van der Waals surface area contributed by atoms with E-state index in [2.05, 4.69) is 43.1 Å². The van der Waals surface area contributed by atoms with Gasteiger partial charge in [-0.15, -0.1) is 11.8 Å². The summed E-state index contributed by atoms with van der Waals surface area (Å²) in [5, 5.41) is 0.612. The van der Waals surface area contributed by atoms with Gasteiger partial charge < -0.3 is 9.47 Å². The number of aromatic nitrogens is 2. The molecular formula is C19H25N3OS. The molecule has 1 fully saturated rings. The third kappa shape index (κ3) is 4.20. The number of carbonyl (C=O) groups excluding carboxylic acids is 1. The third-order valence-electron chi connectivity index (χ3n) is 4.69. The average Bonchev–Trinajstić information content (AvgIpc) is 3.12. The highest BCUT2D eigenvalue weighted by molar-refractivity contribution is 8.00. The molecule has 128 valence electrons. The fourth-order valence-corrected chi connectivity index (χ4v) is 4.33. The van der Waals surface area contributed by atoms with Crippen molar-refractivity contribution < 1.29 is 4.79 Å². The maximum atomic E-state index is 12.5. The number of thioether (sulfide) groups is 1. The second-order valence-corrected chi connectivity index (χ2v) is 7.87. The standard InChI is InChI=1S/C19H25N3OS/c1-15-5-3-4-6-18(15)24-17-7-10-21(11-8-17)19(23)13-16(2)22-12-9-20-14-22/h3-6,9,12,14,16-17H,7-8,10-11,13H2,1-2H3/t16-/m0/s1. The van der Waals surface area contributed by atoms with Crippen molar-refractivity contribution in [1.82, 2.24) is 14.5 Å². The first-order chi connectivity index (χ1) is 11.6. The highest BCUT2D eigenvalue weighted by Crippen LogP contribution is 2.32. The molecule has 1 saturated heterocycles. The molecule has 0 spiro atoms. The van der Waals surface area contributed by atoms with Crippen LogP contribution < -0.4 is 0 Å². The van der Waals surface area contributed by atoms with Crippen LogP contribution in [0.5, 0.6) is 0 Å². The highest BCUT2D eigenvalue weighted by Gasteiger charge is 2.24. The Morgan fingerprint density at radius 2 is 2.08 bits per heavy atom. The van der Waals surface area contributed by atoms with Gasteiger partial charge in [-0.05, 0) is 38.3 Å². The Bertz CT molecular complexity index is 663. The largest absolute Gasteiger partial charge is 0.343 e. The van der Waals surface area contributed by atoms with Crippen LogP contribution in [0.3, 0.4) is 0 Å². The zero-order valence-corrected chi connectivity index (χ0v) is 15.2. The Morgan fingerprint density at radius 3 is 2.75 bits per heavy atom. The second-order valence-electron chi connectivity index (χ2n) is 6.53. The molecule has 3 rings (SSSR count). The van der Waals surface area contributed by atoms with E-state index < -0.39 is 0 Å². The zero-order chi connectivity index (χ0) is 16.9. The number of hydrogen-bond donors (Lipinski definition) is 0. The summed E-state index contributed by atoms with van der Waals surface area (Å²) in [5.41, 5.74) is 1.34. The fraction of sp³-hybridized carbons (Fsp3) is 0.474. The van der Waals surface area contributed by atoms with Crippen LogP contribution in [-0.4, -0.2) is 38.7 Å². The number of carbonyl (C=O) groups is 1. The normalized spacial score (nSPS) is 17.0. The number of aryl methyl sites for hydroxylation is 1. The van der Waals surface area contributed by atoms with E-state index >= 15 is 0 Å². The van der Waals surface area contributed by atoms with E-state index in [4.69, 9.17) is 0 Å². The van der Waals surface area contributed by atoms with E-state index in [1.54, 1.807) is 12.5 Å². The molecule has 4 nitrogen and oxygen atoms in total. The lowest BCUT2D eigenvalue weighted by molar-refractivity contribution is -0.132. The molecule has 2 aromatic rings. The van der Waals surface area contributed by atoms with Crippen molar-refractivity contribution in [2.75, 3.05) is 13.1 Å². The summed E-state index contributed by atoms with van der Waals surface area (Å²) in [5.74, 6) is 0.260. The average molecular weight is 343 g/mol. The molecule has 1 aliphatic heterocycles. The topological polar surface area (TPSA) is 38.1 Å². The predicted octanol–water partition coefficient (Wildman–Crippen LogP) is 3.93. The van der Waals surface area contributed by atoms with Crippen molar-refractivity contribution >= 4 is 17.7 Å². The van der Waals surface area contributed by atoms with Crippen LogP contribution in [0.25, 0.3) is 0 Å². The number of rotatable bonds is 5. The summed E-state index contributed by atoms with van der Waals surface area (Å²) in [6, 6.07) is 8.72. The Morgan fingerprint density at radius 1 is 1.33 bits per heavy atom. The Balaban J connectivity index is 1.48. The summed E-state index contributed by atoms with van der Waals surface area (Å²) in [6.45, 7) is 5.98. The Labute approximate surface area is 148 Å². The maximum absolute atomic E-state index is 12.5. The van der Waals surface area contributed by atoms with Gasteiger partial charge in [-0.2, -0.15) is 0 Å². The Kier molecular flexibility index (Phi) is 5.61. The van der Waals surface area contributed by atoms with Crippen molar-refractivity contribution in [3.8, 4) is 0 Å². The van der Waals surface area contributed by atoms with Crippen LogP contribution in [0.1, 0.15) is 37.8 Å². The van der Waals surface area contributed by atoms with Gasteiger partial charge in [-0.1, -0.05) is 18.2 Å². The van der Waals surface area contributed by atoms with Crippen molar-refractivity contribution in [2.45, 2.75) is 49.3 Å². The van der Waals surface area contributed by atoms with Crippen molar-refractivity contribution in [3.63, 3.8) is 0 Å². The van der Waals surface area contributed by atoms with Gasteiger partial charge in [0.25, 0.3) is 0 Å².